The van der Waals surface area contributed by atoms with E-state index in [0.717, 1.165) is 21.2 Å². The van der Waals surface area contributed by atoms with Crippen LogP contribution in [0.25, 0.3) is 0 Å². The Morgan fingerprint density at radius 2 is 2.24 bits per heavy atom. The molecule has 0 aromatic carbocycles. The molecule has 96 valence electrons. The van der Waals surface area contributed by atoms with E-state index in [4.69, 9.17) is 17.0 Å². The summed E-state index contributed by atoms with van der Waals surface area (Å²) >= 11 is 6.49. The first kappa shape index (κ1) is 14.1. The minimum Gasteiger partial charge on any atom is -0.443 e. The smallest absolute Gasteiger partial charge is 0.412 e. The standard InChI is InChI=1S/C10H17N3O2S2/c1-7-8(17-10(16)13(7)4)11-9(14)15-6-5-12(2)3/h5-6H2,1-4H3,(H,11,14)/p+1. The van der Waals surface area contributed by atoms with Crippen LogP contribution in [0.1, 0.15) is 5.69 Å². The fraction of sp³-hybridized carbons (Fsp3) is 0.600. The van der Waals surface area contributed by atoms with Crippen LogP contribution in [-0.2, 0) is 11.8 Å². The van der Waals surface area contributed by atoms with Crippen molar-refractivity contribution in [3.8, 4) is 0 Å². The highest BCUT2D eigenvalue weighted by molar-refractivity contribution is 7.73. The van der Waals surface area contributed by atoms with E-state index >= 15 is 0 Å². The molecule has 1 rings (SSSR count). The number of likely N-dealkylation sites (N-methyl/N-ethyl adjacent to an activating group) is 1. The molecule has 1 heterocycles. The topological polar surface area (TPSA) is 47.7 Å². The van der Waals surface area contributed by atoms with Crippen molar-refractivity contribution in [2.45, 2.75) is 6.92 Å². The summed E-state index contributed by atoms with van der Waals surface area (Å²) in [5.41, 5.74) is 0.940. The number of carbonyl (C=O) groups excluding carboxylic acids is 1. The van der Waals surface area contributed by atoms with Gasteiger partial charge in [0.25, 0.3) is 0 Å². The molecular weight excluding hydrogens is 258 g/mol. The molecule has 1 aromatic rings. The van der Waals surface area contributed by atoms with Crippen LogP contribution >= 0.6 is 23.6 Å². The molecule has 0 atom stereocenters. The van der Waals surface area contributed by atoms with E-state index in [0.29, 0.717) is 6.61 Å². The van der Waals surface area contributed by atoms with E-state index in [1.54, 1.807) is 0 Å². The number of carbonyl (C=O) groups is 1. The Morgan fingerprint density at radius 3 is 2.71 bits per heavy atom. The van der Waals surface area contributed by atoms with Crippen LogP contribution in [0.3, 0.4) is 0 Å². The number of amides is 1. The zero-order valence-corrected chi connectivity index (χ0v) is 12.1. The minimum atomic E-state index is -0.425. The highest BCUT2D eigenvalue weighted by Crippen LogP contribution is 2.23. The summed E-state index contributed by atoms with van der Waals surface area (Å²) < 4.78 is 7.65. The van der Waals surface area contributed by atoms with Crippen LogP contribution in [-0.4, -0.2) is 37.9 Å². The predicted octanol–water partition coefficient (Wildman–Crippen LogP) is 0.818. The number of hydrogen-bond donors (Lipinski definition) is 2. The van der Waals surface area contributed by atoms with Gasteiger partial charge in [0.15, 0.2) is 3.95 Å². The minimum absolute atomic E-state index is 0.408. The Hall–Kier alpha value is -0.920. The first-order chi connectivity index (χ1) is 7.91. The van der Waals surface area contributed by atoms with Gasteiger partial charge in [-0.3, -0.25) is 5.32 Å². The van der Waals surface area contributed by atoms with E-state index in [9.17, 15) is 4.79 Å². The van der Waals surface area contributed by atoms with Gasteiger partial charge in [-0.25, -0.2) is 4.79 Å². The fourth-order valence-corrected chi connectivity index (χ4v) is 2.37. The second kappa shape index (κ2) is 6.13. The lowest BCUT2D eigenvalue weighted by molar-refractivity contribution is -0.858. The lowest BCUT2D eigenvalue weighted by atomic mass is 10.5. The zero-order valence-electron chi connectivity index (χ0n) is 10.5. The number of rotatable bonds is 4. The van der Waals surface area contributed by atoms with Crippen LogP contribution in [0.5, 0.6) is 0 Å². The highest BCUT2D eigenvalue weighted by atomic mass is 32.1. The third kappa shape index (κ3) is 4.10. The van der Waals surface area contributed by atoms with Crippen molar-refractivity contribution < 1.29 is 14.4 Å². The van der Waals surface area contributed by atoms with Crippen LogP contribution in [0, 0.1) is 10.9 Å². The number of nitrogens with zero attached hydrogens (tertiary/aromatic N) is 1. The Labute approximate surface area is 110 Å². The molecular formula is C10H18N3O2S2+. The molecule has 0 aliphatic heterocycles. The molecule has 0 aliphatic rings. The molecule has 2 N–H and O–H groups in total. The highest BCUT2D eigenvalue weighted by Gasteiger charge is 2.10. The van der Waals surface area contributed by atoms with Crippen molar-refractivity contribution in [2.75, 3.05) is 32.6 Å². The van der Waals surface area contributed by atoms with Crippen molar-refractivity contribution in [1.29, 1.82) is 0 Å². The fourth-order valence-electron chi connectivity index (χ4n) is 1.11. The van der Waals surface area contributed by atoms with Gasteiger partial charge < -0.3 is 14.2 Å². The first-order valence-electron chi connectivity index (χ1n) is 5.31. The summed E-state index contributed by atoms with van der Waals surface area (Å²) in [6, 6.07) is 0. The van der Waals surface area contributed by atoms with E-state index < -0.39 is 6.09 Å². The molecule has 0 aliphatic carbocycles. The summed E-state index contributed by atoms with van der Waals surface area (Å²) in [5, 5.41) is 3.46. The molecule has 0 bridgehead atoms. The van der Waals surface area contributed by atoms with E-state index in [2.05, 4.69) is 5.32 Å². The van der Waals surface area contributed by atoms with Gasteiger partial charge in [-0.1, -0.05) is 11.3 Å². The Morgan fingerprint density at radius 1 is 1.59 bits per heavy atom. The molecule has 5 nitrogen and oxygen atoms in total. The number of ether oxygens (including phenoxy) is 1. The largest absolute Gasteiger partial charge is 0.443 e. The number of anilines is 1. The second-order valence-electron chi connectivity index (χ2n) is 4.06. The number of nitrogens with one attached hydrogen (secondary N) is 2. The Bertz CT molecular complexity index is 451. The zero-order chi connectivity index (χ0) is 13.0. The first-order valence-corrected chi connectivity index (χ1v) is 6.53. The molecule has 7 heteroatoms. The third-order valence-electron chi connectivity index (χ3n) is 2.35. The van der Waals surface area contributed by atoms with Crippen molar-refractivity contribution in [2.24, 2.45) is 7.05 Å². The van der Waals surface area contributed by atoms with Crippen molar-refractivity contribution in [3.63, 3.8) is 0 Å². The van der Waals surface area contributed by atoms with Gasteiger partial charge in [-0.2, -0.15) is 0 Å². The summed E-state index contributed by atoms with van der Waals surface area (Å²) in [7, 11) is 5.89. The second-order valence-corrected chi connectivity index (χ2v) is 5.70. The molecule has 1 aromatic heterocycles. The monoisotopic (exact) mass is 276 g/mol. The quantitative estimate of drug-likeness (QED) is 0.800. The van der Waals surface area contributed by atoms with Gasteiger partial charge in [0.2, 0.25) is 0 Å². The normalized spacial score (nSPS) is 10.6. The number of aromatic nitrogens is 1. The SMILES string of the molecule is Cc1c(NC(=O)OCC[NH+](C)C)sc(=S)n1C. The average molecular weight is 276 g/mol. The Kier molecular flexibility index (Phi) is 5.10. The molecule has 1 amide bonds. The number of thiazole rings is 1. The maximum absolute atomic E-state index is 11.5. The van der Waals surface area contributed by atoms with Crippen LogP contribution in [0.4, 0.5) is 9.80 Å². The number of quaternary nitrogens is 1. The molecule has 0 spiro atoms. The molecule has 17 heavy (non-hydrogen) atoms. The van der Waals surface area contributed by atoms with Gasteiger partial charge in [0.1, 0.15) is 18.2 Å². The van der Waals surface area contributed by atoms with Gasteiger partial charge in [-0.05, 0) is 19.1 Å². The lowest BCUT2D eigenvalue weighted by Gasteiger charge is -2.08. The van der Waals surface area contributed by atoms with Crippen molar-refractivity contribution in [3.05, 3.63) is 9.65 Å². The van der Waals surface area contributed by atoms with E-state index in [1.807, 2.05) is 32.6 Å². The van der Waals surface area contributed by atoms with Gasteiger partial charge in [0.05, 0.1) is 19.8 Å². The van der Waals surface area contributed by atoms with E-state index in [-0.39, 0.29) is 0 Å². The van der Waals surface area contributed by atoms with Gasteiger partial charge >= 0.3 is 6.09 Å². The van der Waals surface area contributed by atoms with Gasteiger partial charge in [0, 0.05) is 7.05 Å². The maximum atomic E-state index is 11.5. The average Bonchev–Trinajstić information content (AvgIpc) is 2.46. The molecule has 0 saturated heterocycles. The van der Waals surface area contributed by atoms with Crippen LogP contribution in [0.2, 0.25) is 0 Å². The van der Waals surface area contributed by atoms with Crippen LogP contribution in [0.15, 0.2) is 0 Å². The summed E-state index contributed by atoms with van der Waals surface area (Å²) in [6.45, 7) is 3.11. The predicted molar refractivity (Wildman–Crippen MR) is 71.5 cm³/mol. The molecule has 0 saturated carbocycles. The number of hydrogen-bond acceptors (Lipinski definition) is 4. The third-order valence-corrected chi connectivity index (χ3v) is 3.92. The van der Waals surface area contributed by atoms with Crippen LogP contribution < -0.4 is 10.2 Å². The van der Waals surface area contributed by atoms with Crippen molar-refractivity contribution >= 4 is 34.6 Å². The summed E-state index contributed by atoms with van der Waals surface area (Å²) in [4.78, 5) is 12.7. The molecule has 0 unspecified atom stereocenters. The van der Waals surface area contributed by atoms with E-state index in [1.165, 1.54) is 16.2 Å². The summed E-state index contributed by atoms with van der Waals surface area (Å²) in [5.74, 6) is 0. The lowest BCUT2D eigenvalue weighted by Crippen LogP contribution is -3.06. The summed E-state index contributed by atoms with van der Waals surface area (Å²) in [6.07, 6.45) is -0.425. The Balaban J connectivity index is 2.51. The molecule has 0 fully saturated rings. The maximum Gasteiger partial charge on any atom is 0.412 e. The molecule has 0 radical (unpaired) electrons. The van der Waals surface area contributed by atoms with Gasteiger partial charge in [-0.15, -0.1) is 0 Å². The van der Waals surface area contributed by atoms with Crippen molar-refractivity contribution in [1.82, 2.24) is 4.57 Å².